The molecule has 2 rings (SSSR count). The number of nitrogens with zero attached hydrogens (tertiary/aromatic N) is 3. The molecule has 2 aromatic rings. The number of nitrogens with one attached hydrogen (secondary N) is 1. The van der Waals surface area contributed by atoms with Gasteiger partial charge in [-0.05, 0) is 39.4 Å². The van der Waals surface area contributed by atoms with Gasteiger partial charge < -0.3 is 15.1 Å². The predicted molar refractivity (Wildman–Crippen MR) is 99.0 cm³/mol. The third-order valence-electron chi connectivity index (χ3n) is 3.45. The maximum atomic E-state index is 12.6. The van der Waals surface area contributed by atoms with Gasteiger partial charge in [0.05, 0.1) is 10.6 Å². The lowest BCUT2D eigenvalue weighted by Gasteiger charge is -2.23. The first-order chi connectivity index (χ1) is 11.4. The van der Waals surface area contributed by atoms with Crippen LogP contribution in [-0.2, 0) is 4.79 Å². The number of rotatable bonds is 7. The zero-order valence-corrected chi connectivity index (χ0v) is 16.0. The van der Waals surface area contributed by atoms with Crippen LogP contribution < -0.4 is 5.32 Å². The van der Waals surface area contributed by atoms with E-state index in [1.807, 2.05) is 44.3 Å². The number of aromatic nitrogens is 1. The van der Waals surface area contributed by atoms with E-state index in [0.29, 0.717) is 23.1 Å². The molecule has 0 aliphatic carbocycles. The zero-order chi connectivity index (χ0) is 17.7. The minimum absolute atomic E-state index is 0.0161. The zero-order valence-electron chi connectivity index (χ0n) is 14.3. The van der Waals surface area contributed by atoms with Crippen molar-refractivity contribution in [3.63, 3.8) is 0 Å². The van der Waals surface area contributed by atoms with Gasteiger partial charge in [-0.25, -0.2) is 4.98 Å². The fourth-order valence-electron chi connectivity index (χ4n) is 1.99. The topological polar surface area (TPSA) is 65.5 Å². The fraction of sp³-hybridized carbons (Fsp3) is 0.438. The first-order valence-electron chi connectivity index (χ1n) is 7.58. The summed E-state index contributed by atoms with van der Waals surface area (Å²) in [6, 6.07) is 3.62. The molecule has 0 saturated carbocycles. The van der Waals surface area contributed by atoms with Crippen LogP contribution in [0, 0.1) is 13.8 Å². The normalized spacial score (nSPS) is 10.9. The van der Waals surface area contributed by atoms with Crippen LogP contribution in [-0.4, -0.2) is 60.3 Å². The van der Waals surface area contributed by atoms with Crippen molar-refractivity contribution in [3.8, 4) is 0 Å². The van der Waals surface area contributed by atoms with Crippen LogP contribution in [0.15, 0.2) is 17.5 Å². The second-order valence-electron chi connectivity index (χ2n) is 5.72. The summed E-state index contributed by atoms with van der Waals surface area (Å²) in [6.45, 7) is 5.08. The summed E-state index contributed by atoms with van der Waals surface area (Å²) in [5, 5.41) is 5.22. The van der Waals surface area contributed by atoms with Gasteiger partial charge in [0.15, 0.2) is 5.13 Å². The van der Waals surface area contributed by atoms with Gasteiger partial charge in [-0.1, -0.05) is 6.07 Å². The number of amides is 2. The lowest BCUT2D eigenvalue weighted by Crippen LogP contribution is -2.41. The van der Waals surface area contributed by atoms with Crippen LogP contribution in [0.3, 0.4) is 0 Å². The Morgan fingerprint density at radius 3 is 2.54 bits per heavy atom. The number of hydrogen-bond acceptors (Lipinski definition) is 6. The maximum Gasteiger partial charge on any atom is 0.264 e. The van der Waals surface area contributed by atoms with Crippen LogP contribution in [0.25, 0.3) is 0 Å². The largest absolute Gasteiger partial charge is 0.327 e. The van der Waals surface area contributed by atoms with Crippen molar-refractivity contribution in [2.45, 2.75) is 13.8 Å². The lowest BCUT2D eigenvalue weighted by atomic mass is 10.3. The van der Waals surface area contributed by atoms with E-state index in [0.717, 1.165) is 10.6 Å². The van der Waals surface area contributed by atoms with Gasteiger partial charge in [-0.15, -0.1) is 22.7 Å². The molecule has 1 N–H and O–H groups in total. The number of carbonyl (C=O) groups is 2. The van der Waals surface area contributed by atoms with Gasteiger partial charge in [-0.2, -0.15) is 0 Å². The monoisotopic (exact) mass is 366 g/mol. The molecule has 2 heterocycles. The van der Waals surface area contributed by atoms with Gasteiger partial charge in [0.1, 0.15) is 6.54 Å². The highest BCUT2D eigenvalue weighted by molar-refractivity contribution is 7.15. The number of carbonyl (C=O) groups excluding carboxylic acids is 2. The van der Waals surface area contributed by atoms with Crippen molar-refractivity contribution in [1.82, 2.24) is 14.8 Å². The van der Waals surface area contributed by atoms with E-state index in [9.17, 15) is 9.59 Å². The number of thiophene rings is 1. The minimum Gasteiger partial charge on any atom is -0.327 e. The molecule has 0 aliphatic heterocycles. The van der Waals surface area contributed by atoms with Gasteiger partial charge in [-0.3, -0.25) is 9.59 Å². The molecule has 0 aromatic carbocycles. The molecule has 2 aromatic heterocycles. The Labute approximate surface area is 150 Å². The maximum absolute atomic E-state index is 12.6. The summed E-state index contributed by atoms with van der Waals surface area (Å²) in [4.78, 5) is 34.5. The molecule has 0 radical (unpaired) electrons. The molecule has 0 aliphatic rings. The van der Waals surface area contributed by atoms with Gasteiger partial charge in [0.25, 0.3) is 5.91 Å². The standard InChI is InChI=1S/C16H22N4O2S2/c1-11-12(2)24-16(17-11)18-14(21)10-20(8-7-19(3)4)15(22)13-6-5-9-23-13/h5-6,9H,7-8,10H2,1-4H3,(H,17,18,21). The summed E-state index contributed by atoms with van der Waals surface area (Å²) in [5.41, 5.74) is 0.912. The molecule has 0 unspecified atom stereocenters. The third kappa shape index (κ3) is 5.12. The Morgan fingerprint density at radius 1 is 1.25 bits per heavy atom. The molecule has 0 spiro atoms. The van der Waals surface area contributed by atoms with Crippen LogP contribution in [0.2, 0.25) is 0 Å². The second kappa shape index (κ2) is 8.36. The van der Waals surface area contributed by atoms with E-state index in [2.05, 4.69) is 10.3 Å². The van der Waals surface area contributed by atoms with Crippen LogP contribution in [0.1, 0.15) is 20.2 Å². The van der Waals surface area contributed by atoms with Crippen molar-refractivity contribution >= 4 is 39.6 Å². The Morgan fingerprint density at radius 2 is 2.00 bits per heavy atom. The third-order valence-corrected chi connectivity index (χ3v) is 5.29. The number of aryl methyl sites for hydroxylation is 2. The summed E-state index contributed by atoms with van der Waals surface area (Å²) >= 11 is 2.82. The quantitative estimate of drug-likeness (QED) is 0.817. The Bertz CT molecular complexity index is 676. The molecular formula is C16H22N4O2S2. The van der Waals surface area contributed by atoms with E-state index in [-0.39, 0.29) is 18.4 Å². The van der Waals surface area contributed by atoms with E-state index in [1.54, 1.807) is 11.0 Å². The molecule has 0 bridgehead atoms. The molecule has 24 heavy (non-hydrogen) atoms. The van der Waals surface area contributed by atoms with Crippen molar-refractivity contribution in [2.24, 2.45) is 0 Å². The van der Waals surface area contributed by atoms with Gasteiger partial charge in [0.2, 0.25) is 5.91 Å². The summed E-state index contributed by atoms with van der Waals surface area (Å²) in [7, 11) is 3.88. The predicted octanol–water partition coefficient (Wildman–Crippen LogP) is 2.46. The molecule has 0 saturated heterocycles. The Hall–Kier alpha value is -1.77. The van der Waals surface area contributed by atoms with Crippen molar-refractivity contribution in [3.05, 3.63) is 33.0 Å². The van der Waals surface area contributed by atoms with E-state index in [4.69, 9.17) is 0 Å². The van der Waals surface area contributed by atoms with Crippen molar-refractivity contribution < 1.29 is 9.59 Å². The van der Waals surface area contributed by atoms with Crippen LogP contribution in [0.5, 0.6) is 0 Å². The Balaban J connectivity index is 2.03. The van der Waals surface area contributed by atoms with Crippen LogP contribution in [0.4, 0.5) is 5.13 Å². The molecule has 0 fully saturated rings. The Kier molecular flexibility index (Phi) is 6.47. The SMILES string of the molecule is Cc1nc(NC(=O)CN(CCN(C)C)C(=O)c2cccs2)sc1C. The van der Waals surface area contributed by atoms with Crippen molar-refractivity contribution in [2.75, 3.05) is 39.0 Å². The second-order valence-corrected chi connectivity index (χ2v) is 7.87. The molecule has 130 valence electrons. The molecular weight excluding hydrogens is 344 g/mol. The first kappa shape index (κ1) is 18.6. The summed E-state index contributed by atoms with van der Waals surface area (Å²) < 4.78 is 0. The van der Waals surface area contributed by atoms with Crippen LogP contribution >= 0.6 is 22.7 Å². The van der Waals surface area contributed by atoms with Gasteiger partial charge >= 0.3 is 0 Å². The number of thiazole rings is 1. The minimum atomic E-state index is -0.229. The molecule has 6 nitrogen and oxygen atoms in total. The average Bonchev–Trinajstić information content (AvgIpc) is 3.13. The van der Waals surface area contributed by atoms with E-state index < -0.39 is 0 Å². The average molecular weight is 367 g/mol. The van der Waals surface area contributed by atoms with E-state index >= 15 is 0 Å². The van der Waals surface area contributed by atoms with Crippen molar-refractivity contribution in [1.29, 1.82) is 0 Å². The smallest absolute Gasteiger partial charge is 0.264 e. The van der Waals surface area contributed by atoms with E-state index in [1.165, 1.54) is 22.7 Å². The lowest BCUT2D eigenvalue weighted by molar-refractivity contribution is -0.116. The molecule has 8 heteroatoms. The highest BCUT2D eigenvalue weighted by Crippen LogP contribution is 2.21. The molecule has 0 atom stereocenters. The highest BCUT2D eigenvalue weighted by atomic mass is 32.1. The highest BCUT2D eigenvalue weighted by Gasteiger charge is 2.20. The van der Waals surface area contributed by atoms with Gasteiger partial charge in [0, 0.05) is 18.0 Å². The summed E-state index contributed by atoms with van der Waals surface area (Å²) in [5.74, 6) is -0.346. The summed E-state index contributed by atoms with van der Waals surface area (Å²) in [6.07, 6.45) is 0. The first-order valence-corrected chi connectivity index (χ1v) is 9.28. The number of anilines is 1. The number of hydrogen-bond donors (Lipinski definition) is 1. The molecule has 2 amide bonds. The fourth-order valence-corrected chi connectivity index (χ4v) is 3.51. The number of likely N-dealkylation sites (N-methyl/N-ethyl adjacent to an activating group) is 1.